The first-order chi connectivity index (χ1) is 12.6. The smallest absolute Gasteiger partial charge is 0.266 e. The van der Waals surface area contributed by atoms with Gasteiger partial charge in [0.15, 0.2) is 11.5 Å². The molecule has 0 aliphatic rings. The van der Waals surface area contributed by atoms with Gasteiger partial charge in [-0.05, 0) is 24.6 Å². The summed E-state index contributed by atoms with van der Waals surface area (Å²) in [6.07, 6.45) is 0. The molecule has 2 aromatic carbocycles. The lowest BCUT2D eigenvalue weighted by molar-refractivity contribution is 0.286. The maximum atomic E-state index is 12.2. The minimum Gasteiger partial charge on any atom is -0.493 e. The fraction of sp³-hybridized carbons (Fsp3) is 0.143. The Labute approximate surface area is 151 Å². The average molecular weight is 346 g/mol. The van der Waals surface area contributed by atoms with Crippen molar-refractivity contribution < 1.29 is 9.47 Å². The molecule has 0 amide bonds. The van der Waals surface area contributed by atoms with Crippen molar-refractivity contribution in [1.82, 2.24) is 4.98 Å². The van der Waals surface area contributed by atoms with E-state index in [9.17, 15) is 10.1 Å². The highest BCUT2D eigenvalue weighted by Crippen LogP contribution is 2.39. The minimum absolute atomic E-state index is 0.0495. The van der Waals surface area contributed by atoms with Crippen molar-refractivity contribution in [3.8, 4) is 28.7 Å². The van der Waals surface area contributed by atoms with Gasteiger partial charge in [-0.3, -0.25) is 4.79 Å². The summed E-state index contributed by atoms with van der Waals surface area (Å²) in [5, 5.41) is 9.43. The Kier molecular flexibility index (Phi) is 5.04. The van der Waals surface area contributed by atoms with Gasteiger partial charge in [0.05, 0.1) is 7.11 Å². The maximum Gasteiger partial charge on any atom is 0.266 e. The van der Waals surface area contributed by atoms with E-state index in [-0.39, 0.29) is 5.56 Å². The SMILES string of the molecule is COc1cccc(-c2cc(C)[nH]c(=O)c2C#N)c1OCc1ccccc1. The first-order valence-electron chi connectivity index (χ1n) is 8.12. The number of pyridine rings is 1. The van der Waals surface area contributed by atoms with Gasteiger partial charge in [0.1, 0.15) is 18.2 Å². The number of nitrogens with one attached hydrogen (secondary N) is 1. The predicted molar refractivity (Wildman–Crippen MR) is 99.3 cm³/mol. The predicted octanol–water partition coefficient (Wildman–Crippen LogP) is 3.81. The van der Waals surface area contributed by atoms with E-state index in [0.29, 0.717) is 34.9 Å². The number of para-hydroxylation sites is 1. The molecule has 26 heavy (non-hydrogen) atoms. The monoisotopic (exact) mass is 346 g/mol. The van der Waals surface area contributed by atoms with Gasteiger partial charge in [-0.2, -0.15) is 5.26 Å². The van der Waals surface area contributed by atoms with E-state index < -0.39 is 5.56 Å². The number of aromatic nitrogens is 1. The highest BCUT2D eigenvalue weighted by molar-refractivity contribution is 5.78. The summed E-state index contributed by atoms with van der Waals surface area (Å²) in [6, 6.07) is 18.9. The van der Waals surface area contributed by atoms with Gasteiger partial charge in [0.25, 0.3) is 5.56 Å². The van der Waals surface area contributed by atoms with Crippen LogP contribution in [0.5, 0.6) is 11.5 Å². The van der Waals surface area contributed by atoms with Crippen molar-refractivity contribution in [2.45, 2.75) is 13.5 Å². The van der Waals surface area contributed by atoms with Crippen LogP contribution in [0.25, 0.3) is 11.1 Å². The summed E-state index contributed by atoms with van der Waals surface area (Å²) in [5.41, 5.74) is 2.47. The number of aromatic amines is 1. The van der Waals surface area contributed by atoms with Gasteiger partial charge < -0.3 is 14.5 Å². The number of hydrogen-bond donors (Lipinski definition) is 1. The third-order valence-corrected chi connectivity index (χ3v) is 3.99. The van der Waals surface area contributed by atoms with Crippen molar-refractivity contribution in [2.75, 3.05) is 7.11 Å². The zero-order valence-electron chi connectivity index (χ0n) is 14.6. The van der Waals surface area contributed by atoms with Crippen LogP contribution in [0.2, 0.25) is 0 Å². The van der Waals surface area contributed by atoms with Gasteiger partial charge in [0.2, 0.25) is 0 Å². The molecule has 5 heteroatoms. The Morgan fingerprint density at radius 2 is 1.85 bits per heavy atom. The van der Waals surface area contributed by atoms with E-state index in [1.54, 1.807) is 32.2 Å². The van der Waals surface area contributed by atoms with Crippen molar-refractivity contribution >= 4 is 0 Å². The van der Waals surface area contributed by atoms with Gasteiger partial charge in [0, 0.05) is 16.8 Å². The lowest BCUT2D eigenvalue weighted by Crippen LogP contribution is -2.13. The molecule has 5 nitrogen and oxygen atoms in total. The van der Waals surface area contributed by atoms with Crippen molar-refractivity contribution in [2.24, 2.45) is 0 Å². The Morgan fingerprint density at radius 3 is 2.54 bits per heavy atom. The molecule has 1 heterocycles. The molecule has 0 fully saturated rings. The van der Waals surface area contributed by atoms with E-state index in [2.05, 4.69) is 4.98 Å². The van der Waals surface area contributed by atoms with Crippen LogP contribution < -0.4 is 15.0 Å². The van der Waals surface area contributed by atoms with Crippen LogP contribution in [0, 0.1) is 18.3 Å². The first kappa shape index (κ1) is 17.3. The molecule has 130 valence electrons. The van der Waals surface area contributed by atoms with E-state index >= 15 is 0 Å². The van der Waals surface area contributed by atoms with Crippen LogP contribution in [0.15, 0.2) is 59.4 Å². The fourth-order valence-corrected chi connectivity index (χ4v) is 2.78. The van der Waals surface area contributed by atoms with Gasteiger partial charge in [-0.1, -0.05) is 42.5 Å². The zero-order chi connectivity index (χ0) is 18.5. The molecule has 3 rings (SSSR count). The number of rotatable bonds is 5. The van der Waals surface area contributed by atoms with E-state index in [1.165, 1.54) is 0 Å². The molecule has 1 aromatic heterocycles. The second-order valence-electron chi connectivity index (χ2n) is 5.79. The number of benzene rings is 2. The Balaban J connectivity index is 2.12. The first-order valence-corrected chi connectivity index (χ1v) is 8.12. The van der Waals surface area contributed by atoms with Gasteiger partial charge in [-0.25, -0.2) is 0 Å². The number of aryl methyl sites for hydroxylation is 1. The molecule has 0 aliphatic heterocycles. The molecule has 0 saturated heterocycles. The van der Waals surface area contributed by atoms with Crippen LogP contribution >= 0.6 is 0 Å². The van der Waals surface area contributed by atoms with Gasteiger partial charge in [-0.15, -0.1) is 0 Å². The van der Waals surface area contributed by atoms with Crippen molar-refractivity contribution in [3.63, 3.8) is 0 Å². The molecule has 0 unspecified atom stereocenters. The summed E-state index contributed by atoms with van der Waals surface area (Å²) in [6.45, 7) is 2.12. The van der Waals surface area contributed by atoms with E-state index in [1.807, 2.05) is 42.5 Å². The second kappa shape index (κ2) is 7.58. The Morgan fingerprint density at radius 1 is 1.08 bits per heavy atom. The standard InChI is InChI=1S/C21H18N2O3/c1-14-11-17(18(12-22)21(24)23-14)16-9-6-10-19(25-2)20(16)26-13-15-7-4-3-5-8-15/h3-11H,13H2,1-2H3,(H,23,24). The quantitative estimate of drug-likeness (QED) is 0.762. The Bertz CT molecular complexity index is 1020. The molecular formula is C21H18N2O3. The number of nitriles is 1. The number of hydrogen-bond acceptors (Lipinski definition) is 4. The topological polar surface area (TPSA) is 75.1 Å². The molecule has 0 bridgehead atoms. The summed E-state index contributed by atoms with van der Waals surface area (Å²) >= 11 is 0. The molecule has 0 radical (unpaired) electrons. The molecule has 0 spiro atoms. The van der Waals surface area contributed by atoms with Crippen LogP contribution in [-0.4, -0.2) is 12.1 Å². The lowest BCUT2D eigenvalue weighted by atomic mass is 9.99. The normalized spacial score (nSPS) is 10.2. The Hall–Kier alpha value is -3.52. The molecule has 0 aliphatic carbocycles. The summed E-state index contributed by atoms with van der Waals surface area (Å²) in [4.78, 5) is 14.8. The highest BCUT2D eigenvalue weighted by atomic mass is 16.5. The third-order valence-electron chi connectivity index (χ3n) is 3.99. The lowest BCUT2D eigenvalue weighted by Gasteiger charge is -2.16. The molecule has 0 atom stereocenters. The highest BCUT2D eigenvalue weighted by Gasteiger charge is 2.18. The van der Waals surface area contributed by atoms with Crippen LogP contribution in [0.1, 0.15) is 16.8 Å². The van der Waals surface area contributed by atoms with Crippen LogP contribution in [0.3, 0.4) is 0 Å². The zero-order valence-corrected chi connectivity index (χ0v) is 14.6. The fourth-order valence-electron chi connectivity index (χ4n) is 2.78. The number of H-pyrrole nitrogens is 1. The largest absolute Gasteiger partial charge is 0.493 e. The summed E-state index contributed by atoms with van der Waals surface area (Å²) in [7, 11) is 1.56. The van der Waals surface area contributed by atoms with Crippen LogP contribution in [0.4, 0.5) is 0 Å². The maximum absolute atomic E-state index is 12.2. The van der Waals surface area contributed by atoms with Crippen molar-refractivity contribution in [1.29, 1.82) is 5.26 Å². The third kappa shape index (κ3) is 3.45. The average Bonchev–Trinajstić information content (AvgIpc) is 2.66. The van der Waals surface area contributed by atoms with E-state index in [4.69, 9.17) is 9.47 Å². The van der Waals surface area contributed by atoms with Crippen LogP contribution in [-0.2, 0) is 6.61 Å². The number of methoxy groups -OCH3 is 1. The summed E-state index contributed by atoms with van der Waals surface area (Å²) in [5.74, 6) is 1.04. The molecular weight excluding hydrogens is 328 g/mol. The summed E-state index contributed by atoms with van der Waals surface area (Å²) < 4.78 is 11.5. The second-order valence-corrected chi connectivity index (χ2v) is 5.79. The number of nitrogens with zero attached hydrogens (tertiary/aromatic N) is 1. The number of ether oxygens (including phenoxy) is 2. The minimum atomic E-state index is -0.417. The van der Waals surface area contributed by atoms with Crippen molar-refractivity contribution in [3.05, 3.63) is 81.8 Å². The van der Waals surface area contributed by atoms with E-state index in [0.717, 1.165) is 5.56 Å². The molecule has 3 aromatic rings. The van der Waals surface area contributed by atoms with Gasteiger partial charge >= 0.3 is 0 Å². The molecule has 1 N–H and O–H groups in total. The molecule has 0 saturated carbocycles.